The van der Waals surface area contributed by atoms with Crippen LogP contribution in [0.2, 0.25) is 0 Å². The lowest BCUT2D eigenvalue weighted by Gasteiger charge is -2.25. The van der Waals surface area contributed by atoms with Crippen molar-refractivity contribution in [1.82, 2.24) is 0 Å². The molecule has 0 unspecified atom stereocenters. The lowest BCUT2D eigenvalue weighted by Crippen LogP contribution is -2.16. The first-order chi connectivity index (χ1) is 10.0. The van der Waals surface area contributed by atoms with Gasteiger partial charge < -0.3 is 9.52 Å². The van der Waals surface area contributed by atoms with E-state index in [0.717, 1.165) is 36.0 Å². The molecule has 1 N–H and O–H groups in total. The van der Waals surface area contributed by atoms with Gasteiger partial charge in [0.25, 0.3) is 0 Å². The van der Waals surface area contributed by atoms with Crippen LogP contribution in [0.5, 0.6) is 5.75 Å². The molecule has 0 aliphatic heterocycles. The van der Waals surface area contributed by atoms with Gasteiger partial charge in [0, 0.05) is 12.0 Å². The van der Waals surface area contributed by atoms with E-state index in [1.807, 2.05) is 6.07 Å². The zero-order chi connectivity index (χ0) is 15.0. The van der Waals surface area contributed by atoms with Crippen molar-refractivity contribution in [2.24, 2.45) is 0 Å². The Labute approximate surface area is 127 Å². The van der Waals surface area contributed by atoms with Gasteiger partial charge >= 0.3 is 0 Å². The molecule has 0 saturated carbocycles. The Kier molecular flexibility index (Phi) is 3.73. The molecule has 1 aromatic heterocycles. The highest BCUT2D eigenvalue weighted by atomic mass is 16.3. The summed E-state index contributed by atoms with van der Waals surface area (Å²) in [7, 11) is 0. The third kappa shape index (κ3) is 2.56. The zero-order valence-electron chi connectivity index (χ0n) is 13.5. The standard InChI is InChI=1S/C19H26O2/c1-4-5-10-19(2,3)13-11-15(20)18-14-8-6-7-9-16(14)21-17(18)12-13/h11-12,20H,4-10H2,1-3H3. The SMILES string of the molecule is CCCCC(C)(C)c1cc(O)c2c3c(oc2c1)CCCC3. The van der Waals surface area contributed by atoms with E-state index in [-0.39, 0.29) is 5.41 Å². The number of hydrogen-bond acceptors (Lipinski definition) is 2. The zero-order valence-corrected chi connectivity index (χ0v) is 13.5. The predicted octanol–water partition coefficient (Wildman–Crippen LogP) is 5.49. The minimum Gasteiger partial charge on any atom is -0.507 e. The van der Waals surface area contributed by atoms with Gasteiger partial charge in [-0.05, 0) is 48.8 Å². The van der Waals surface area contributed by atoms with Crippen LogP contribution in [0.4, 0.5) is 0 Å². The Morgan fingerprint density at radius 2 is 1.95 bits per heavy atom. The van der Waals surface area contributed by atoms with Crippen molar-refractivity contribution in [2.75, 3.05) is 0 Å². The molecule has 0 amide bonds. The van der Waals surface area contributed by atoms with Crippen LogP contribution < -0.4 is 0 Å². The minimum atomic E-state index is 0.0783. The van der Waals surface area contributed by atoms with Crippen LogP contribution in [0, 0.1) is 0 Å². The fourth-order valence-corrected chi connectivity index (χ4v) is 3.53. The summed E-state index contributed by atoms with van der Waals surface area (Å²) >= 11 is 0. The van der Waals surface area contributed by atoms with Crippen molar-refractivity contribution in [3.63, 3.8) is 0 Å². The summed E-state index contributed by atoms with van der Waals surface area (Å²) in [5.41, 5.74) is 3.38. The molecule has 21 heavy (non-hydrogen) atoms. The molecule has 1 aliphatic carbocycles. The molecule has 0 bridgehead atoms. The molecule has 0 saturated heterocycles. The van der Waals surface area contributed by atoms with Crippen LogP contribution in [-0.2, 0) is 18.3 Å². The van der Waals surface area contributed by atoms with E-state index in [1.54, 1.807) is 0 Å². The van der Waals surface area contributed by atoms with Gasteiger partial charge in [0.05, 0.1) is 5.39 Å². The van der Waals surface area contributed by atoms with Gasteiger partial charge in [-0.2, -0.15) is 0 Å². The van der Waals surface area contributed by atoms with E-state index in [4.69, 9.17) is 4.42 Å². The highest BCUT2D eigenvalue weighted by molar-refractivity contribution is 5.89. The Morgan fingerprint density at radius 3 is 2.71 bits per heavy atom. The molecule has 114 valence electrons. The van der Waals surface area contributed by atoms with Gasteiger partial charge in [-0.25, -0.2) is 0 Å². The van der Waals surface area contributed by atoms with Crippen molar-refractivity contribution in [2.45, 2.75) is 71.1 Å². The van der Waals surface area contributed by atoms with Crippen LogP contribution in [-0.4, -0.2) is 5.11 Å². The molecule has 0 atom stereocenters. The number of hydrogen-bond donors (Lipinski definition) is 1. The van der Waals surface area contributed by atoms with Crippen LogP contribution in [0.25, 0.3) is 11.0 Å². The number of benzene rings is 1. The largest absolute Gasteiger partial charge is 0.507 e. The van der Waals surface area contributed by atoms with Gasteiger partial charge in [0.15, 0.2) is 0 Å². The fourth-order valence-electron chi connectivity index (χ4n) is 3.53. The van der Waals surface area contributed by atoms with Gasteiger partial charge in [-0.1, -0.05) is 33.6 Å². The summed E-state index contributed by atoms with van der Waals surface area (Å²) < 4.78 is 6.05. The van der Waals surface area contributed by atoms with Gasteiger partial charge in [-0.3, -0.25) is 0 Å². The third-order valence-corrected chi connectivity index (χ3v) is 4.97. The lowest BCUT2D eigenvalue weighted by atomic mass is 9.79. The molecular weight excluding hydrogens is 260 g/mol. The molecular formula is C19H26O2. The quantitative estimate of drug-likeness (QED) is 0.806. The molecule has 0 spiro atoms. The predicted molar refractivity (Wildman–Crippen MR) is 87.1 cm³/mol. The lowest BCUT2D eigenvalue weighted by molar-refractivity contribution is 0.446. The average Bonchev–Trinajstić information content (AvgIpc) is 2.84. The normalized spacial score (nSPS) is 15.4. The minimum absolute atomic E-state index is 0.0783. The number of aromatic hydroxyl groups is 1. The summed E-state index contributed by atoms with van der Waals surface area (Å²) in [5.74, 6) is 1.49. The topological polar surface area (TPSA) is 33.4 Å². The summed E-state index contributed by atoms with van der Waals surface area (Å²) in [6.07, 6.45) is 7.99. The van der Waals surface area contributed by atoms with Gasteiger partial charge in [-0.15, -0.1) is 0 Å². The molecule has 1 aromatic carbocycles. The molecule has 0 radical (unpaired) electrons. The maximum absolute atomic E-state index is 10.5. The number of aryl methyl sites for hydroxylation is 2. The number of fused-ring (bicyclic) bond motifs is 3. The van der Waals surface area contributed by atoms with Crippen molar-refractivity contribution in [1.29, 1.82) is 0 Å². The maximum Gasteiger partial charge on any atom is 0.138 e. The maximum atomic E-state index is 10.5. The monoisotopic (exact) mass is 286 g/mol. The molecule has 2 aromatic rings. The van der Waals surface area contributed by atoms with E-state index in [9.17, 15) is 5.11 Å². The first-order valence-corrected chi connectivity index (χ1v) is 8.30. The van der Waals surface area contributed by atoms with Gasteiger partial charge in [0.1, 0.15) is 17.1 Å². The average molecular weight is 286 g/mol. The van der Waals surface area contributed by atoms with Crippen molar-refractivity contribution >= 4 is 11.0 Å². The van der Waals surface area contributed by atoms with E-state index in [0.29, 0.717) is 5.75 Å². The van der Waals surface area contributed by atoms with Crippen LogP contribution in [0.15, 0.2) is 16.5 Å². The second kappa shape index (κ2) is 5.40. The third-order valence-electron chi connectivity index (χ3n) is 4.97. The van der Waals surface area contributed by atoms with Crippen LogP contribution in [0.1, 0.15) is 69.8 Å². The van der Waals surface area contributed by atoms with E-state index in [2.05, 4.69) is 26.8 Å². The highest BCUT2D eigenvalue weighted by Gasteiger charge is 2.25. The molecule has 2 heteroatoms. The summed E-state index contributed by atoms with van der Waals surface area (Å²) in [6, 6.07) is 4.12. The first kappa shape index (κ1) is 14.5. The fraction of sp³-hybridized carbons (Fsp3) is 0.579. The van der Waals surface area contributed by atoms with Crippen molar-refractivity contribution in [3.8, 4) is 5.75 Å². The Bertz CT molecular complexity index is 649. The van der Waals surface area contributed by atoms with E-state index >= 15 is 0 Å². The Morgan fingerprint density at radius 1 is 1.19 bits per heavy atom. The van der Waals surface area contributed by atoms with Crippen LogP contribution in [0.3, 0.4) is 0 Å². The second-order valence-corrected chi connectivity index (χ2v) is 7.07. The van der Waals surface area contributed by atoms with E-state index < -0.39 is 0 Å². The van der Waals surface area contributed by atoms with E-state index in [1.165, 1.54) is 36.8 Å². The molecule has 1 aliphatic rings. The number of furan rings is 1. The first-order valence-electron chi connectivity index (χ1n) is 8.30. The van der Waals surface area contributed by atoms with Crippen molar-refractivity contribution < 1.29 is 9.52 Å². The summed E-state index contributed by atoms with van der Waals surface area (Å²) in [4.78, 5) is 0. The smallest absolute Gasteiger partial charge is 0.138 e. The number of phenolic OH excluding ortho intramolecular Hbond substituents is 1. The van der Waals surface area contributed by atoms with Gasteiger partial charge in [0.2, 0.25) is 0 Å². The summed E-state index contributed by atoms with van der Waals surface area (Å²) in [5, 5.41) is 11.5. The number of phenols is 1. The molecule has 3 rings (SSSR count). The van der Waals surface area contributed by atoms with Crippen molar-refractivity contribution in [3.05, 3.63) is 29.0 Å². The Hall–Kier alpha value is -1.44. The second-order valence-electron chi connectivity index (χ2n) is 7.07. The number of unbranched alkanes of at least 4 members (excludes halogenated alkanes) is 1. The summed E-state index contributed by atoms with van der Waals surface area (Å²) in [6.45, 7) is 6.73. The Balaban J connectivity index is 2.07. The van der Waals surface area contributed by atoms with Crippen LogP contribution >= 0.6 is 0 Å². The highest BCUT2D eigenvalue weighted by Crippen LogP contribution is 2.41. The number of rotatable bonds is 4. The molecule has 0 fully saturated rings. The molecule has 1 heterocycles. The molecule has 2 nitrogen and oxygen atoms in total.